The van der Waals surface area contributed by atoms with Gasteiger partial charge in [0.25, 0.3) is 0 Å². The summed E-state index contributed by atoms with van der Waals surface area (Å²) < 4.78 is 16.0. The Hall–Kier alpha value is -2.48. The van der Waals surface area contributed by atoms with Crippen molar-refractivity contribution in [1.82, 2.24) is 5.32 Å². The van der Waals surface area contributed by atoms with Gasteiger partial charge < -0.3 is 29.5 Å². The smallest absolute Gasteiger partial charge is 0.227 e. The van der Waals surface area contributed by atoms with Crippen molar-refractivity contribution in [2.75, 3.05) is 39.4 Å². The number of benzene rings is 1. The highest BCUT2D eigenvalue weighted by Gasteiger charge is 2.37. The molecular weight excluding hydrogens is 364 g/mol. The molecule has 0 spiro atoms. The molecule has 2 amide bonds. The molecule has 1 aromatic carbocycles. The largest absolute Gasteiger partial charge is 0.493 e. The molecule has 0 aliphatic carbocycles. The SMILES string of the molecule is CC[C@H](C)[C@@H](CO)NC(=O)[C@H]1CC(=O)N(c2cc(OC)c(OC)c(OC)c2)C1. The second-order valence-corrected chi connectivity index (χ2v) is 6.97. The Kier molecular flexibility index (Phi) is 7.51. The van der Waals surface area contributed by atoms with E-state index >= 15 is 0 Å². The summed E-state index contributed by atoms with van der Waals surface area (Å²) in [7, 11) is 4.52. The van der Waals surface area contributed by atoms with Crippen molar-refractivity contribution in [1.29, 1.82) is 0 Å². The molecule has 0 unspecified atom stereocenters. The van der Waals surface area contributed by atoms with Crippen LogP contribution < -0.4 is 24.4 Å². The van der Waals surface area contributed by atoms with Crippen LogP contribution in [0.3, 0.4) is 0 Å². The van der Waals surface area contributed by atoms with Crippen LogP contribution in [0.4, 0.5) is 5.69 Å². The zero-order chi connectivity index (χ0) is 20.8. The molecular formula is C20H30N2O6. The summed E-state index contributed by atoms with van der Waals surface area (Å²) in [4.78, 5) is 26.8. The highest BCUT2D eigenvalue weighted by molar-refractivity contribution is 6.00. The van der Waals surface area contributed by atoms with E-state index in [-0.39, 0.29) is 43.3 Å². The fourth-order valence-corrected chi connectivity index (χ4v) is 3.31. The first-order chi connectivity index (χ1) is 13.4. The first-order valence-electron chi connectivity index (χ1n) is 9.41. The molecule has 0 radical (unpaired) electrons. The zero-order valence-electron chi connectivity index (χ0n) is 17.2. The Morgan fingerprint density at radius 3 is 2.32 bits per heavy atom. The van der Waals surface area contributed by atoms with Crippen LogP contribution in [-0.2, 0) is 9.59 Å². The van der Waals surface area contributed by atoms with E-state index in [1.54, 1.807) is 17.0 Å². The summed E-state index contributed by atoms with van der Waals surface area (Å²) >= 11 is 0. The molecule has 2 rings (SSSR count). The van der Waals surface area contributed by atoms with Crippen molar-refractivity contribution in [3.8, 4) is 17.2 Å². The molecule has 1 fully saturated rings. The van der Waals surface area contributed by atoms with Crippen molar-refractivity contribution in [2.45, 2.75) is 32.7 Å². The highest BCUT2D eigenvalue weighted by Crippen LogP contribution is 2.42. The highest BCUT2D eigenvalue weighted by atomic mass is 16.5. The normalized spacial score (nSPS) is 18.6. The summed E-state index contributed by atoms with van der Waals surface area (Å²) in [6.45, 7) is 4.11. The number of amides is 2. The van der Waals surface area contributed by atoms with E-state index in [9.17, 15) is 14.7 Å². The predicted molar refractivity (Wildman–Crippen MR) is 105 cm³/mol. The van der Waals surface area contributed by atoms with Gasteiger partial charge in [-0.2, -0.15) is 0 Å². The van der Waals surface area contributed by atoms with E-state index in [4.69, 9.17) is 14.2 Å². The standard InChI is InChI=1S/C20H30N2O6/c1-6-12(2)15(11-23)21-20(25)13-7-18(24)22(10-13)14-8-16(26-3)19(28-5)17(9-14)27-4/h8-9,12-13,15,23H,6-7,10-11H2,1-5H3,(H,21,25)/t12-,13-,15+/m0/s1. The van der Waals surface area contributed by atoms with E-state index in [1.165, 1.54) is 21.3 Å². The zero-order valence-corrected chi connectivity index (χ0v) is 17.2. The molecule has 0 aromatic heterocycles. The lowest BCUT2D eigenvalue weighted by molar-refractivity contribution is -0.127. The summed E-state index contributed by atoms with van der Waals surface area (Å²) in [6, 6.07) is 3.06. The maximum atomic E-state index is 12.6. The molecule has 8 nitrogen and oxygen atoms in total. The Morgan fingerprint density at radius 2 is 1.86 bits per heavy atom. The third-order valence-electron chi connectivity index (χ3n) is 5.31. The molecule has 1 aromatic rings. The second kappa shape index (κ2) is 9.64. The van der Waals surface area contributed by atoms with Crippen molar-refractivity contribution in [2.24, 2.45) is 11.8 Å². The number of hydrogen-bond donors (Lipinski definition) is 2. The molecule has 156 valence electrons. The van der Waals surface area contributed by atoms with E-state index in [2.05, 4.69) is 5.32 Å². The fourth-order valence-electron chi connectivity index (χ4n) is 3.31. The lowest BCUT2D eigenvalue weighted by atomic mass is 9.98. The number of aliphatic hydroxyl groups excluding tert-OH is 1. The predicted octanol–water partition coefficient (Wildman–Crippen LogP) is 1.59. The Labute approximate surface area is 165 Å². The Bertz CT molecular complexity index is 683. The minimum Gasteiger partial charge on any atom is -0.493 e. The lowest BCUT2D eigenvalue weighted by Gasteiger charge is -2.24. The average Bonchev–Trinajstić information content (AvgIpc) is 3.11. The van der Waals surface area contributed by atoms with Gasteiger partial charge in [0.2, 0.25) is 17.6 Å². The van der Waals surface area contributed by atoms with Gasteiger partial charge in [-0.05, 0) is 5.92 Å². The number of anilines is 1. The third kappa shape index (κ3) is 4.49. The summed E-state index contributed by atoms with van der Waals surface area (Å²) in [5.41, 5.74) is 0.579. The monoisotopic (exact) mass is 394 g/mol. The maximum Gasteiger partial charge on any atom is 0.227 e. The number of nitrogens with one attached hydrogen (secondary N) is 1. The summed E-state index contributed by atoms with van der Waals surface area (Å²) in [5, 5.41) is 12.4. The first-order valence-corrected chi connectivity index (χ1v) is 9.41. The van der Waals surface area contributed by atoms with Gasteiger partial charge in [0.1, 0.15) is 0 Å². The first kappa shape index (κ1) is 21.8. The molecule has 3 atom stereocenters. The van der Waals surface area contributed by atoms with E-state index in [0.29, 0.717) is 22.9 Å². The van der Waals surface area contributed by atoms with Gasteiger partial charge >= 0.3 is 0 Å². The van der Waals surface area contributed by atoms with Gasteiger partial charge in [-0.25, -0.2) is 0 Å². The van der Waals surface area contributed by atoms with E-state index < -0.39 is 5.92 Å². The van der Waals surface area contributed by atoms with Crippen LogP contribution in [0.25, 0.3) is 0 Å². The maximum absolute atomic E-state index is 12.6. The van der Waals surface area contributed by atoms with Crippen LogP contribution in [0.5, 0.6) is 17.2 Å². The van der Waals surface area contributed by atoms with Crippen LogP contribution in [-0.4, -0.2) is 57.4 Å². The van der Waals surface area contributed by atoms with Gasteiger partial charge in [0, 0.05) is 25.1 Å². The van der Waals surface area contributed by atoms with Crippen LogP contribution in [0, 0.1) is 11.8 Å². The second-order valence-electron chi connectivity index (χ2n) is 6.97. The minimum absolute atomic E-state index is 0.112. The number of hydrogen-bond acceptors (Lipinski definition) is 6. The van der Waals surface area contributed by atoms with Gasteiger partial charge in [-0.15, -0.1) is 0 Å². The van der Waals surface area contributed by atoms with Gasteiger partial charge in [-0.1, -0.05) is 20.3 Å². The van der Waals surface area contributed by atoms with Crippen LogP contribution >= 0.6 is 0 Å². The molecule has 2 N–H and O–H groups in total. The lowest BCUT2D eigenvalue weighted by Crippen LogP contribution is -2.45. The quantitative estimate of drug-likeness (QED) is 0.660. The number of aliphatic hydroxyl groups is 1. The number of methoxy groups -OCH3 is 3. The number of carbonyl (C=O) groups excluding carboxylic acids is 2. The van der Waals surface area contributed by atoms with Crippen molar-refractivity contribution >= 4 is 17.5 Å². The molecule has 1 heterocycles. The molecule has 0 saturated carbocycles. The van der Waals surface area contributed by atoms with E-state index in [1.807, 2.05) is 13.8 Å². The van der Waals surface area contributed by atoms with Crippen LogP contribution in [0.1, 0.15) is 26.7 Å². The Morgan fingerprint density at radius 1 is 1.25 bits per heavy atom. The topological polar surface area (TPSA) is 97.3 Å². The van der Waals surface area contributed by atoms with Gasteiger partial charge in [0.15, 0.2) is 11.5 Å². The van der Waals surface area contributed by atoms with Crippen LogP contribution in [0.15, 0.2) is 12.1 Å². The third-order valence-corrected chi connectivity index (χ3v) is 5.31. The number of nitrogens with zero attached hydrogens (tertiary/aromatic N) is 1. The van der Waals surface area contributed by atoms with Gasteiger partial charge in [0.05, 0.1) is 45.6 Å². The molecule has 1 aliphatic rings. The van der Waals surface area contributed by atoms with E-state index in [0.717, 1.165) is 6.42 Å². The molecule has 8 heteroatoms. The molecule has 28 heavy (non-hydrogen) atoms. The molecule has 1 aliphatic heterocycles. The average molecular weight is 394 g/mol. The van der Waals surface area contributed by atoms with Crippen LogP contribution in [0.2, 0.25) is 0 Å². The number of carbonyl (C=O) groups is 2. The minimum atomic E-state index is -0.482. The van der Waals surface area contributed by atoms with Crippen molar-refractivity contribution in [3.05, 3.63) is 12.1 Å². The summed E-state index contributed by atoms with van der Waals surface area (Å²) in [5.74, 6) is 0.612. The molecule has 0 bridgehead atoms. The number of ether oxygens (including phenoxy) is 3. The van der Waals surface area contributed by atoms with Gasteiger partial charge in [-0.3, -0.25) is 9.59 Å². The van der Waals surface area contributed by atoms with Crippen molar-refractivity contribution < 1.29 is 28.9 Å². The van der Waals surface area contributed by atoms with Crippen molar-refractivity contribution in [3.63, 3.8) is 0 Å². The number of rotatable bonds is 9. The fraction of sp³-hybridized carbons (Fsp3) is 0.600. The molecule has 1 saturated heterocycles. The Balaban J connectivity index is 2.19. The summed E-state index contributed by atoms with van der Waals surface area (Å²) in [6.07, 6.45) is 0.952.